The number of nitrogens with one attached hydrogen (secondary N) is 1. The van der Waals surface area contributed by atoms with Gasteiger partial charge >= 0.3 is 5.97 Å². The third-order valence-corrected chi connectivity index (χ3v) is 6.06. The molecule has 5 nitrogen and oxygen atoms in total. The summed E-state index contributed by atoms with van der Waals surface area (Å²) in [5, 5.41) is 4.03. The third-order valence-electron chi connectivity index (χ3n) is 4.38. The smallest absolute Gasteiger partial charge is 0.341 e. The molecule has 1 aromatic carbocycles. The van der Waals surface area contributed by atoms with E-state index in [1.165, 1.54) is 24.5 Å². The average Bonchev–Trinajstić information content (AvgIpc) is 2.97. The number of anilines is 1. The van der Waals surface area contributed by atoms with Crippen LogP contribution in [0.4, 0.5) is 5.00 Å². The SMILES string of the molecule is CCN1CCc2c(sc(NC(=O)c3ccc(Cl)cc3Cl)c2C(=O)OC)C1.Cl. The minimum absolute atomic E-state index is 0. The number of methoxy groups -OCH3 is 1. The number of rotatable bonds is 4. The fourth-order valence-electron chi connectivity index (χ4n) is 2.98. The maximum absolute atomic E-state index is 12.6. The number of carbonyl (C=O) groups excluding carboxylic acids is 2. The molecule has 0 radical (unpaired) electrons. The van der Waals surface area contributed by atoms with E-state index in [2.05, 4.69) is 17.1 Å². The molecule has 0 fully saturated rings. The minimum atomic E-state index is -0.440. The number of carbonyl (C=O) groups is 2. The van der Waals surface area contributed by atoms with Crippen LogP contribution in [0.3, 0.4) is 0 Å². The van der Waals surface area contributed by atoms with Crippen LogP contribution >= 0.6 is 46.9 Å². The van der Waals surface area contributed by atoms with Crippen LogP contribution in [0.15, 0.2) is 18.2 Å². The first kappa shape index (κ1) is 22.0. The molecule has 0 bridgehead atoms. The maximum Gasteiger partial charge on any atom is 0.341 e. The van der Waals surface area contributed by atoms with Crippen LogP contribution in [0.2, 0.25) is 10.0 Å². The zero-order chi connectivity index (χ0) is 18.8. The van der Waals surface area contributed by atoms with Crippen LogP contribution in [0.5, 0.6) is 0 Å². The Hall–Kier alpha value is -1.31. The van der Waals surface area contributed by atoms with E-state index in [1.54, 1.807) is 12.1 Å². The van der Waals surface area contributed by atoms with Crippen molar-refractivity contribution in [2.45, 2.75) is 19.9 Å². The number of halogens is 3. The molecule has 2 aromatic rings. The van der Waals surface area contributed by atoms with Gasteiger partial charge < -0.3 is 10.1 Å². The molecule has 0 unspecified atom stereocenters. The number of benzene rings is 1. The number of amides is 1. The summed E-state index contributed by atoms with van der Waals surface area (Å²) in [6, 6.07) is 4.67. The predicted octanol–water partition coefficient (Wildman–Crippen LogP) is 4.89. The normalized spacial score (nSPS) is 13.5. The van der Waals surface area contributed by atoms with Crippen molar-refractivity contribution >= 4 is 63.8 Å². The Morgan fingerprint density at radius 2 is 2.07 bits per heavy atom. The van der Waals surface area contributed by atoms with Crippen molar-refractivity contribution in [3.05, 3.63) is 49.8 Å². The van der Waals surface area contributed by atoms with E-state index in [-0.39, 0.29) is 23.3 Å². The summed E-state index contributed by atoms with van der Waals surface area (Å²) >= 11 is 13.4. The summed E-state index contributed by atoms with van der Waals surface area (Å²) in [6.45, 7) is 4.68. The standard InChI is InChI=1S/C18H18Cl2N2O3S.ClH/c1-3-22-7-6-12-14(9-22)26-17(15(12)18(24)25-2)21-16(23)11-5-4-10(19)8-13(11)20;/h4-5,8H,3,6-7,9H2,1-2H3,(H,21,23);1H. The maximum atomic E-state index is 12.6. The second-order valence-electron chi connectivity index (χ2n) is 5.90. The van der Waals surface area contributed by atoms with Gasteiger partial charge in [-0.15, -0.1) is 23.7 Å². The van der Waals surface area contributed by atoms with E-state index < -0.39 is 5.97 Å². The Labute approximate surface area is 178 Å². The highest BCUT2D eigenvalue weighted by atomic mass is 35.5. The minimum Gasteiger partial charge on any atom is -0.465 e. The Kier molecular flexibility index (Phi) is 7.54. The highest BCUT2D eigenvalue weighted by molar-refractivity contribution is 7.17. The predicted molar refractivity (Wildman–Crippen MR) is 112 cm³/mol. The van der Waals surface area contributed by atoms with E-state index in [1.807, 2.05) is 0 Å². The van der Waals surface area contributed by atoms with Gasteiger partial charge in [0.1, 0.15) is 5.00 Å². The lowest BCUT2D eigenvalue weighted by atomic mass is 10.0. The van der Waals surface area contributed by atoms with E-state index in [0.717, 1.165) is 36.5 Å². The van der Waals surface area contributed by atoms with Crippen LogP contribution in [-0.4, -0.2) is 37.0 Å². The van der Waals surface area contributed by atoms with E-state index >= 15 is 0 Å². The summed E-state index contributed by atoms with van der Waals surface area (Å²) in [7, 11) is 1.34. The topological polar surface area (TPSA) is 58.6 Å². The zero-order valence-corrected chi connectivity index (χ0v) is 17.9. The number of hydrogen-bond acceptors (Lipinski definition) is 5. The molecule has 1 aliphatic rings. The van der Waals surface area contributed by atoms with E-state index in [9.17, 15) is 9.59 Å². The second kappa shape index (κ2) is 9.26. The molecule has 0 atom stereocenters. The number of fused-ring (bicyclic) bond motifs is 1. The molecule has 146 valence electrons. The van der Waals surface area contributed by atoms with E-state index in [0.29, 0.717) is 21.2 Å². The van der Waals surface area contributed by atoms with Gasteiger partial charge in [-0.05, 0) is 36.7 Å². The molecule has 1 amide bonds. The summed E-state index contributed by atoms with van der Waals surface area (Å²) in [5.41, 5.74) is 1.71. The lowest BCUT2D eigenvalue weighted by molar-refractivity contribution is 0.0600. The molecule has 1 aliphatic heterocycles. The molecular formula is C18H19Cl3N2O3S. The number of nitrogens with zero attached hydrogens (tertiary/aromatic N) is 1. The number of esters is 1. The number of likely N-dealkylation sites (N-methyl/N-ethyl adjacent to an activating group) is 1. The Morgan fingerprint density at radius 3 is 2.70 bits per heavy atom. The van der Waals surface area contributed by atoms with Crippen LogP contribution in [0, 0.1) is 0 Å². The molecule has 0 saturated carbocycles. The van der Waals surface area contributed by atoms with Crippen molar-refractivity contribution in [3.63, 3.8) is 0 Å². The lowest BCUT2D eigenvalue weighted by Crippen LogP contribution is -2.29. The van der Waals surface area contributed by atoms with Crippen molar-refractivity contribution in [1.82, 2.24) is 4.90 Å². The van der Waals surface area contributed by atoms with Crippen molar-refractivity contribution in [3.8, 4) is 0 Å². The molecule has 1 aromatic heterocycles. The van der Waals surface area contributed by atoms with Gasteiger partial charge in [-0.1, -0.05) is 30.1 Å². The fraction of sp³-hybridized carbons (Fsp3) is 0.333. The molecule has 9 heteroatoms. The second-order valence-corrected chi connectivity index (χ2v) is 7.85. The monoisotopic (exact) mass is 448 g/mol. The van der Waals surface area contributed by atoms with Crippen LogP contribution < -0.4 is 5.32 Å². The van der Waals surface area contributed by atoms with Crippen molar-refractivity contribution in [2.24, 2.45) is 0 Å². The lowest BCUT2D eigenvalue weighted by Gasteiger charge is -2.25. The molecule has 2 heterocycles. The van der Waals surface area contributed by atoms with Crippen LogP contribution in [0.25, 0.3) is 0 Å². The molecule has 0 aliphatic carbocycles. The average molecular weight is 450 g/mol. The first-order valence-corrected chi connectivity index (χ1v) is 9.73. The molecule has 3 rings (SSSR count). The summed E-state index contributed by atoms with van der Waals surface area (Å²) in [4.78, 5) is 28.3. The first-order chi connectivity index (χ1) is 12.4. The van der Waals surface area contributed by atoms with Gasteiger partial charge in [0, 0.05) is 23.0 Å². The Bertz CT molecular complexity index is 870. The van der Waals surface area contributed by atoms with Crippen LogP contribution in [0.1, 0.15) is 38.1 Å². The highest BCUT2D eigenvalue weighted by Crippen LogP contribution is 2.38. The molecule has 1 N–H and O–H groups in total. The third kappa shape index (κ3) is 4.58. The zero-order valence-electron chi connectivity index (χ0n) is 14.8. The number of thiophene rings is 1. The van der Waals surface area contributed by atoms with Crippen molar-refractivity contribution in [1.29, 1.82) is 0 Å². The quantitative estimate of drug-likeness (QED) is 0.675. The van der Waals surface area contributed by atoms with Crippen molar-refractivity contribution < 1.29 is 14.3 Å². The Balaban J connectivity index is 0.00000261. The van der Waals surface area contributed by atoms with Gasteiger partial charge in [-0.2, -0.15) is 0 Å². The molecular weight excluding hydrogens is 431 g/mol. The number of hydrogen-bond donors (Lipinski definition) is 1. The van der Waals surface area contributed by atoms with Crippen LogP contribution in [-0.2, 0) is 17.7 Å². The van der Waals surface area contributed by atoms with Gasteiger partial charge in [0.05, 0.1) is 23.3 Å². The fourth-order valence-corrected chi connectivity index (χ4v) is 4.74. The van der Waals surface area contributed by atoms with Gasteiger partial charge in [-0.25, -0.2) is 4.79 Å². The van der Waals surface area contributed by atoms with Gasteiger partial charge in [0.15, 0.2) is 0 Å². The van der Waals surface area contributed by atoms with Crippen molar-refractivity contribution in [2.75, 3.05) is 25.5 Å². The number of ether oxygens (including phenoxy) is 1. The molecule has 27 heavy (non-hydrogen) atoms. The highest BCUT2D eigenvalue weighted by Gasteiger charge is 2.29. The largest absolute Gasteiger partial charge is 0.465 e. The first-order valence-electron chi connectivity index (χ1n) is 8.16. The summed E-state index contributed by atoms with van der Waals surface area (Å²) < 4.78 is 4.94. The Morgan fingerprint density at radius 1 is 1.33 bits per heavy atom. The van der Waals surface area contributed by atoms with E-state index in [4.69, 9.17) is 27.9 Å². The summed E-state index contributed by atoms with van der Waals surface area (Å²) in [6.07, 6.45) is 0.752. The van der Waals surface area contributed by atoms with Gasteiger partial charge in [0.25, 0.3) is 5.91 Å². The van der Waals surface area contributed by atoms with Gasteiger partial charge in [-0.3, -0.25) is 9.69 Å². The molecule has 0 spiro atoms. The summed E-state index contributed by atoms with van der Waals surface area (Å²) in [5.74, 6) is -0.826. The molecule has 0 saturated heterocycles. The van der Waals surface area contributed by atoms with Gasteiger partial charge in [0.2, 0.25) is 0 Å².